The summed E-state index contributed by atoms with van der Waals surface area (Å²) in [5, 5.41) is 0. The van der Waals surface area contributed by atoms with Gasteiger partial charge in [-0.15, -0.1) is 0 Å². The lowest BCUT2D eigenvalue weighted by Crippen LogP contribution is -2.16. The molecule has 0 aliphatic rings. The van der Waals surface area contributed by atoms with E-state index in [0.29, 0.717) is 6.54 Å². The van der Waals surface area contributed by atoms with Gasteiger partial charge in [-0.25, -0.2) is 0 Å². The third-order valence-corrected chi connectivity index (χ3v) is 3.96. The zero-order valence-corrected chi connectivity index (χ0v) is 14.3. The minimum absolute atomic E-state index is 0.228. The highest BCUT2D eigenvalue weighted by molar-refractivity contribution is 5.41. The Morgan fingerprint density at radius 1 is 1.13 bits per heavy atom. The molecule has 0 saturated carbocycles. The van der Waals surface area contributed by atoms with Gasteiger partial charge in [0.15, 0.2) is 0 Å². The minimum Gasteiger partial charge on any atom is -0.496 e. The summed E-state index contributed by atoms with van der Waals surface area (Å²) in [6, 6.07) is 14.5. The molecule has 2 aromatic rings. The fourth-order valence-corrected chi connectivity index (χ4v) is 2.76. The number of methoxy groups -OCH3 is 1. The molecule has 3 nitrogen and oxygen atoms in total. The Kier molecular flexibility index (Phi) is 6.48. The van der Waals surface area contributed by atoms with E-state index in [0.717, 1.165) is 30.9 Å². The Bertz CT molecular complexity index is 625. The third kappa shape index (κ3) is 4.73. The largest absolute Gasteiger partial charge is 0.496 e. The van der Waals surface area contributed by atoms with Crippen LogP contribution in [0.5, 0.6) is 11.5 Å². The monoisotopic (exact) mass is 313 g/mol. The molecule has 124 valence electrons. The van der Waals surface area contributed by atoms with Crippen LogP contribution in [0.4, 0.5) is 0 Å². The number of ether oxygens (including phenoxy) is 2. The Morgan fingerprint density at radius 3 is 2.65 bits per heavy atom. The first kappa shape index (κ1) is 17.4. The average Bonchev–Trinajstić information content (AvgIpc) is 2.58. The van der Waals surface area contributed by atoms with Crippen molar-refractivity contribution in [3.05, 3.63) is 59.2 Å². The summed E-state index contributed by atoms with van der Waals surface area (Å²) >= 11 is 0. The summed E-state index contributed by atoms with van der Waals surface area (Å²) in [5.41, 5.74) is 9.69. The van der Waals surface area contributed by atoms with Crippen LogP contribution < -0.4 is 15.2 Å². The Balaban J connectivity index is 2.21. The van der Waals surface area contributed by atoms with E-state index in [1.54, 1.807) is 7.11 Å². The van der Waals surface area contributed by atoms with E-state index in [-0.39, 0.29) is 5.92 Å². The standard InChI is InChI=1S/C20H27NO2/c1-4-10-23-18-7-5-6-16(13-18)12-17(14-21)19-11-15(2)8-9-20(19)22-3/h5-9,11,13,17H,4,10,12,14,21H2,1-3H3. The molecule has 1 atom stereocenters. The molecular weight excluding hydrogens is 286 g/mol. The van der Waals surface area contributed by atoms with Gasteiger partial charge in [0.1, 0.15) is 11.5 Å². The second-order valence-electron chi connectivity index (χ2n) is 5.88. The third-order valence-electron chi connectivity index (χ3n) is 3.96. The fourth-order valence-electron chi connectivity index (χ4n) is 2.76. The van der Waals surface area contributed by atoms with E-state index in [1.807, 2.05) is 18.2 Å². The van der Waals surface area contributed by atoms with Crippen molar-refractivity contribution in [1.82, 2.24) is 0 Å². The van der Waals surface area contributed by atoms with Crippen molar-refractivity contribution in [2.45, 2.75) is 32.6 Å². The Hall–Kier alpha value is -2.00. The molecule has 0 bridgehead atoms. The first-order chi connectivity index (χ1) is 11.2. The lowest BCUT2D eigenvalue weighted by molar-refractivity contribution is 0.317. The second-order valence-corrected chi connectivity index (χ2v) is 5.88. The van der Waals surface area contributed by atoms with Crippen LogP contribution in [0.3, 0.4) is 0 Å². The van der Waals surface area contributed by atoms with Gasteiger partial charge in [0.05, 0.1) is 13.7 Å². The van der Waals surface area contributed by atoms with Crippen LogP contribution in [0, 0.1) is 6.92 Å². The van der Waals surface area contributed by atoms with Crippen LogP contribution in [-0.2, 0) is 6.42 Å². The first-order valence-corrected chi connectivity index (χ1v) is 8.24. The zero-order chi connectivity index (χ0) is 16.7. The summed E-state index contributed by atoms with van der Waals surface area (Å²) in [6.45, 7) is 5.53. The van der Waals surface area contributed by atoms with E-state index in [1.165, 1.54) is 16.7 Å². The Morgan fingerprint density at radius 2 is 1.96 bits per heavy atom. The number of hydrogen-bond donors (Lipinski definition) is 1. The number of nitrogens with two attached hydrogens (primary N) is 1. The van der Waals surface area contributed by atoms with Gasteiger partial charge in [-0.05, 0) is 55.6 Å². The topological polar surface area (TPSA) is 44.5 Å². The molecule has 0 heterocycles. The molecular formula is C20H27NO2. The van der Waals surface area contributed by atoms with Crippen molar-refractivity contribution >= 4 is 0 Å². The van der Waals surface area contributed by atoms with Crippen molar-refractivity contribution in [3.8, 4) is 11.5 Å². The molecule has 1 unspecified atom stereocenters. The highest BCUT2D eigenvalue weighted by atomic mass is 16.5. The van der Waals surface area contributed by atoms with Crippen molar-refractivity contribution in [3.63, 3.8) is 0 Å². The molecule has 0 aliphatic carbocycles. The van der Waals surface area contributed by atoms with Crippen LogP contribution in [0.1, 0.15) is 36.0 Å². The van der Waals surface area contributed by atoms with Crippen molar-refractivity contribution < 1.29 is 9.47 Å². The minimum atomic E-state index is 0.228. The van der Waals surface area contributed by atoms with E-state index < -0.39 is 0 Å². The molecule has 0 spiro atoms. The van der Waals surface area contributed by atoms with Crippen LogP contribution in [0.15, 0.2) is 42.5 Å². The Labute approximate surface area is 139 Å². The van der Waals surface area contributed by atoms with Gasteiger partial charge >= 0.3 is 0 Å². The molecule has 0 fully saturated rings. The van der Waals surface area contributed by atoms with Crippen LogP contribution in [0.25, 0.3) is 0 Å². The smallest absolute Gasteiger partial charge is 0.122 e. The lowest BCUT2D eigenvalue weighted by atomic mass is 9.90. The van der Waals surface area contributed by atoms with Gasteiger partial charge in [-0.1, -0.05) is 36.8 Å². The zero-order valence-electron chi connectivity index (χ0n) is 14.3. The van der Waals surface area contributed by atoms with Crippen molar-refractivity contribution in [1.29, 1.82) is 0 Å². The van der Waals surface area contributed by atoms with Gasteiger partial charge in [0.25, 0.3) is 0 Å². The number of aryl methyl sites for hydroxylation is 1. The molecule has 0 aromatic heterocycles. The summed E-state index contributed by atoms with van der Waals surface area (Å²) in [6.07, 6.45) is 1.88. The fraction of sp³-hybridized carbons (Fsp3) is 0.400. The molecule has 0 amide bonds. The van der Waals surface area contributed by atoms with E-state index >= 15 is 0 Å². The maximum Gasteiger partial charge on any atom is 0.122 e. The van der Waals surface area contributed by atoms with Crippen LogP contribution >= 0.6 is 0 Å². The van der Waals surface area contributed by atoms with Crippen molar-refractivity contribution in [2.24, 2.45) is 5.73 Å². The molecule has 3 heteroatoms. The van der Waals surface area contributed by atoms with Crippen LogP contribution in [-0.4, -0.2) is 20.3 Å². The summed E-state index contributed by atoms with van der Waals surface area (Å²) in [7, 11) is 1.71. The number of benzene rings is 2. The quantitative estimate of drug-likeness (QED) is 0.798. The number of hydrogen-bond acceptors (Lipinski definition) is 3. The molecule has 2 N–H and O–H groups in total. The predicted molar refractivity (Wildman–Crippen MR) is 95.5 cm³/mol. The molecule has 0 radical (unpaired) electrons. The lowest BCUT2D eigenvalue weighted by Gasteiger charge is -2.19. The van der Waals surface area contributed by atoms with E-state index in [4.69, 9.17) is 15.2 Å². The predicted octanol–water partition coefficient (Wildman–Crippen LogP) is 4.08. The SMILES string of the molecule is CCCOc1cccc(CC(CN)c2cc(C)ccc2OC)c1. The molecule has 2 aromatic carbocycles. The molecule has 23 heavy (non-hydrogen) atoms. The normalized spacial score (nSPS) is 12.0. The van der Waals surface area contributed by atoms with Gasteiger partial charge in [0.2, 0.25) is 0 Å². The summed E-state index contributed by atoms with van der Waals surface area (Å²) in [5.74, 6) is 2.06. The van der Waals surface area contributed by atoms with E-state index in [9.17, 15) is 0 Å². The van der Waals surface area contributed by atoms with Gasteiger partial charge in [-0.3, -0.25) is 0 Å². The maximum absolute atomic E-state index is 6.06. The van der Waals surface area contributed by atoms with Crippen LogP contribution in [0.2, 0.25) is 0 Å². The first-order valence-electron chi connectivity index (χ1n) is 8.24. The maximum atomic E-state index is 6.06. The van der Waals surface area contributed by atoms with Gasteiger partial charge < -0.3 is 15.2 Å². The molecule has 2 rings (SSSR count). The highest BCUT2D eigenvalue weighted by Crippen LogP contribution is 2.30. The van der Waals surface area contributed by atoms with Gasteiger partial charge in [-0.2, -0.15) is 0 Å². The number of rotatable bonds is 8. The van der Waals surface area contributed by atoms with Gasteiger partial charge in [0, 0.05) is 5.92 Å². The van der Waals surface area contributed by atoms with Crippen molar-refractivity contribution in [2.75, 3.05) is 20.3 Å². The van der Waals surface area contributed by atoms with E-state index in [2.05, 4.69) is 38.1 Å². The highest BCUT2D eigenvalue weighted by Gasteiger charge is 2.16. The molecule has 0 saturated heterocycles. The summed E-state index contributed by atoms with van der Waals surface area (Å²) < 4.78 is 11.2. The second kappa shape index (κ2) is 8.59. The average molecular weight is 313 g/mol. The molecule has 0 aliphatic heterocycles. The summed E-state index contributed by atoms with van der Waals surface area (Å²) in [4.78, 5) is 0.